The zero-order valence-corrected chi connectivity index (χ0v) is 8.27. The van der Waals surface area contributed by atoms with Gasteiger partial charge < -0.3 is 5.73 Å². The zero-order valence-electron chi connectivity index (χ0n) is 8.27. The Kier molecular flexibility index (Phi) is 2.45. The van der Waals surface area contributed by atoms with Gasteiger partial charge in [-0.15, -0.1) is 0 Å². The summed E-state index contributed by atoms with van der Waals surface area (Å²) in [5.74, 6) is 0.806. The maximum Gasteiger partial charge on any atom is 0.155 e. The monoisotopic (exact) mass is 190 g/mol. The van der Waals surface area contributed by atoms with Crippen LogP contribution in [0.3, 0.4) is 0 Å². The number of fused-ring (bicyclic) bond motifs is 1. The summed E-state index contributed by atoms with van der Waals surface area (Å²) < 4.78 is 1.82. The van der Waals surface area contributed by atoms with E-state index in [1.807, 2.05) is 23.7 Å². The maximum atomic E-state index is 5.46. The molecule has 4 heteroatoms. The highest BCUT2D eigenvalue weighted by molar-refractivity contribution is 5.38. The Morgan fingerprint density at radius 2 is 2.29 bits per heavy atom. The Balaban J connectivity index is 2.31. The number of nitrogens with zero attached hydrogens (tertiary/aromatic N) is 3. The van der Waals surface area contributed by atoms with Gasteiger partial charge in [0.2, 0.25) is 0 Å². The van der Waals surface area contributed by atoms with Gasteiger partial charge in [-0.05, 0) is 37.9 Å². The molecule has 0 aliphatic rings. The minimum absolute atomic E-state index is 0.731. The molecule has 0 unspecified atom stereocenters. The molecule has 0 bridgehead atoms. The topological polar surface area (TPSA) is 56.2 Å². The van der Waals surface area contributed by atoms with E-state index in [0.717, 1.165) is 30.9 Å². The van der Waals surface area contributed by atoms with Crippen LogP contribution in [0.25, 0.3) is 5.65 Å². The van der Waals surface area contributed by atoms with Crippen LogP contribution in [-0.4, -0.2) is 21.1 Å². The fourth-order valence-electron chi connectivity index (χ4n) is 1.49. The molecule has 0 radical (unpaired) electrons. The van der Waals surface area contributed by atoms with E-state index in [-0.39, 0.29) is 0 Å². The summed E-state index contributed by atoms with van der Waals surface area (Å²) in [6.07, 6.45) is 4.04. The molecule has 0 saturated heterocycles. The van der Waals surface area contributed by atoms with Gasteiger partial charge in [0.15, 0.2) is 5.65 Å². The summed E-state index contributed by atoms with van der Waals surface area (Å²) in [4.78, 5) is 4.26. The van der Waals surface area contributed by atoms with E-state index < -0.39 is 0 Å². The van der Waals surface area contributed by atoms with Crippen LogP contribution in [0.15, 0.2) is 18.3 Å². The Bertz CT molecular complexity index is 433. The first-order valence-corrected chi connectivity index (χ1v) is 4.81. The molecule has 74 valence electrons. The zero-order chi connectivity index (χ0) is 9.97. The molecule has 14 heavy (non-hydrogen) atoms. The van der Waals surface area contributed by atoms with Gasteiger partial charge in [0.05, 0.1) is 0 Å². The first-order valence-electron chi connectivity index (χ1n) is 4.81. The van der Waals surface area contributed by atoms with E-state index in [0.29, 0.717) is 0 Å². The molecule has 2 aromatic rings. The van der Waals surface area contributed by atoms with Crippen molar-refractivity contribution in [2.24, 2.45) is 5.73 Å². The Labute approximate surface area is 82.8 Å². The van der Waals surface area contributed by atoms with Crippen LogP contribution in [-0.2, 0) is 6.42 Å². The molecule has 0 saturated carbocycles. The Morgan fingerprint density at radius 1 is 1.43 bits per heavy atom. The van der Waals surface area contributed by atoms with E-state index in [4.69, 9.17) is 5.73 Å². The fraction of sp³-hybridized carbons (Fsp3) is 0.400. The molecule has 0 aliphatic carbocycles. The van der Waals surface area contributed by atoms with Crippen LogP contribution in [0.5, 0.6) is 0 Å². The number of pyridine rings is 1. The van der Waals surface area contributed by atoms with E-state index in [2.05, 4.69) is 16.1 Å². The number of aromatic nitrogens is 3. The van der Waals surface area contributed by atoms with Gasteiger partial charge in [0.1, 0.15) is 5.82 Å². The molecule has 0 fully saturated rings. The lowest BCUT2D eigenvalue weighted by Crippen LogP contribution is -2.01. The highest BCUT2D eigenvalue weighted by Crippen LogP contribution is 2.06. The second-order valence-corrected chi connectivity index (χ2v) is 3.39. The average Bonchev–Trinajstić information content (AvgIpc) is 2.54. The van der Waals surface area contributed by atoms with E-state index in [1.165, 1.54) is 5.56 Å². The van der Waals surface area contributed by atoms with Crippen molar-refractivity contribution >= 4 is 5.65 Å². The first kappa shape index (κ1) is 9.15. The normalized spacial score (nSPS) is 11.0. The highest BCUT2D eigenvalue weighted by Gasteiger charge is 1.99. The number of nitrogens with two attached hydrogens (primary N) is 1. The number of aryl methyl sites for hydroxylation is 2. The van der Waals surface area contributed by atoms with Crippen molar-refractivity contribution in [1.29, 1.82) is 0 Å². The Hall–Kier alpha value is -1.42. The second kappa shape index (κ2) is 3.75. The molecular weight excluding hydrogens is 176 g/mol. The lowest BCUT2D eigenvalue weighted by molar-refractivity contribution is 0.817. The predicted molar refractivity (Wildman–Crippen MR) is 55.1 cm³/mol. The molecule has 2 rings (SSSR count). The van der Waals surface area contributed by atoms with Crippen LogP contribution in [0, 0.1) is 6.92 Å². The summed E-state index contributed by atoms with van der Waals surface area (Å²) in [7, 11) is 0. The van der Waals surface area contributed by atoms with Gasteiger partial charge in [0, 0.05) is 6.20 Å². The van der Waals surface area contributed by atoms with Gasteiger partial charge in [0.25, 0.3) is 0 Å². The van der Waals surface area contributed by atoms with Crippen molar-refractivity contribution in [3.63, 3.8) is 0 Å². The largest absolute Gasteiger partial charge is 0.330 e. The van der Waals surface area contributed by atoms with Crippen molar-refractivity contribution in [2.45, 2.75) is 19.8 Å². The maximum absolute atomic E-state index is 5.46. The van der Waals surface area contributed by atoms with E-state index >= 15 is 0 Å². The minimum Gasteiger partial charge on any atom is -0.330 e. The molecule has 0 atom stereocenters. The molecule has 2 N–H and O–H groups in total. The SMILES string of the molecule is Cc1nc2ccc(CCCN)cn2n1. The molecule has 2 aromatic heterocycles. The van der Waals surface area contributed by atoms with Crippen LogP contribution >= 0.6 is 0 Å². The summed E-state index contributed by atoms with van der Waals surface area (Å²) in [6, 6.07) is 4.07. The lowest BCUT2D eigenvalue weighted by atomic mass is 10.1. The quantitative estimate of drug-likeness (QED) is 0.783. The van der Waals surface area contributed by atoms with Crippen LogP contribution in [0.1, 0.15) is 17.8 Å². The van der Waals surface area contributed by atoms with Crippen molar-refractivity contribution in [2.75, 3.05) is 6.54 Å². The molecule has 0 spiro atoms. The fourth-order valence-corrected chi connectivity index (χ4v) is 1.49. The predicted octanol–water partition coefficient (Wildman–Crippen LogP) is 0.929. The van der Waals surface area contributed by atoms with Crippen molar-refractivity contribution in [3.8, 4) is 0 Å². The van der Waals surface area contributed by atoms with Gasteiger partial charge >= 0.3 is 0 Å². The number of hydrogen-bond donors (Lipinski definition) is 1. The molecule has 2 heterocycles. The van der Waals surface area contributed by atoms with Crippen molar-refractivity contribution < 1.29 is 0 Å². The average molecular weight is 190 g/mol. The summed E-state index contributed by atoms with van der Waals surface area (Å²) >= 11 is 0. The summed E-state index contributed by atoms with van der Waals surface area (Å²) in [6.45, 7) is 2.63. The second-order valence-electron chi connectivity index (χ2n) is 3.39. The van der Waals surface area contributed by atoms with E-state index in [1.54, 1.807) is 0 Å². The molecule has 0 aliphatic heterocycles. The third-order valence-electron chi connectivity index (χ3n) is 2.17. The number of rotatable bonds is 3. The van der Waals surface area contributed by atoms with E-state index in [9.17, 15) is 0 Å². The number of hydrogen-bond acceptors (Lipinski definition) is 3. The van der Waals surface area contributed by atoms with Gasteiger partial charge in [-0.1, -0.05) is 6.07 Å². The highest BCUT2D eigenvalue weighted by atomic mass is 15.3. The van der Waals surface area contributed by atoms with Crippen molar-refractivity contribution in [1.82, 2.24) is 14.6 Å². The third kappa shape index (κ3) is 1.75. The summed E-state index contributed by atoms with van der Waals surface area (Å²) in [5.41, 5.74) is 7.62. The molecule has 4 nitrogen and oxygen atoms in total. The summed E-state index contributed by atoms with van der Waals surface area (Å²) in [5, 5.41) is 4.26. The van der Waals surface area contributed by atoms with Gasteiger partial charge in [-0.3, -0.25) is 0 Å². The van der Waals surface area contributed by atoms with Crippen LogP contribution in [0.4, 0.5) is 0 Å². The molecular formula is C10H14N4. The lowest BCUT2D eigenvalue weighted by Gasteiger charge is -1.99. The van der Waals surface area contributed by atoms with Crippen LogP contribution < -0.4 is 5.73 Å². The molecule has 0 amide bonds. The van der Waals surface area contributed by atoms with Crippen molar-refractivity contribution in [3.05, 3.63) is 29.7 Å². The van der Waals surface area contributed by atoms with Crippen LogP contribution in [0.2, 0.25) is 0 Å². The standard InChI is InChI=1S/C10H14N4/c1-8-12-10-5-4-9(3-2-6-11)7-14(10)13-8/h4-5,7H,2-3,6,11H2,1H3. The van der Waals surface area contributed by atoms with Gasteiger partial charge in [-0.25, -0.2) is 9.50 Å². The smallest absolute Gasteiger partial charge is 0.155 e. The first-order chi connectivity index (χ1) is 6.79. The molecule has 0 aromatic carbocycles. The van der Waals surface area contributed by atoms with Gasteiger partial charge in [-0.2, -0.15) is 5.10 Å². The Morgan fingerprint density at radius 3 is 3.07 bits per heavy atom. The third-order valence-corrected chi connectivity index (χ3v) is 2.17. The minimum atomic E-state index is 0.731.